The highest BCUT2D eigenvalue weighted by Crippen LogP contribution is 2.30. The van der Waals surface area contributed by atoms with Crippen molar-refractivity contribution in [2.45, 2.75) is 58.3 Å². The Morgan fingerprint density at radius 1 is 0.912 bits per heavy atom. The highest BCUT2D eigenvalue weighted by molar-refractivity contribution is 5.92. The van der Waals surface area contributed by atoms with E-state index in [0.717, 1.165) is 13.8 Å². The van der Waals surface area contributed by atoms with Crippen molar-refractivity contribution in [3.63, 3.8) is 0 Å². The number of carbonyl (C=O) groups excluding carboxylic acids is 5. The molecule has 0 saturated carbocycles. The molecule has 1 heterocycles. The molecule has 1 aliphatic rings. The Balaban J connectivity index is 2.52. The summed E-state index contributed by atoms with van der Waals surface area (Å²) in [5, 5.41) is 2.58. The van der Waals surface area contributed by atoms with Crippen LogP contribution < -0.4 is 10.1 Å². The van der Waals surface area contributed by atoms with Crippen LogP contribution >= 0.6 is 0 Å². The summed E-state index contributed by atoms with van der Waals surface area (Å²) < 4.78 is 32.3. The molecule has 0 aromatic heterocycles. The van der Waals surface area contributed by atoms with Crippen LogP contribution in [0.3, 0.4) is 0 Å². The van der Waals surface area contributed by atoms with Gasteiger partial charge in [0.25, 0.3) is 0 Å². The van der Waals surface area contributed by atoms with Crippen LogP contribution in [-0.2, 0) is 42.9 Å². The minimum atomic E-state index is -1.36. The van der Waals surface area contributed by atoms with Gasteiger partial charge in [0.05, 0.1) is 7.11 Å². The van der Waals surface area contributed by atoms with Crippen LogP contribution in [0.4, 0.5) is 0 Å². The minimum Gasteiger partial charge on any atom is -0.465 e. The first-order valence-corrected chi connectivity index (χ1v) is 10.3. The Hall–Kier alpha value is -3.67. The molecule has 34 heavy (non-hydrogen) atoms. The Morgan fingerprint density at radius 2 is 1.53 bits per heavy atom. The van der Waals surface area contributed by atoms with Crippen molar-refractivity contribution in [1.29, 1.82) is 0 Å². The quantitative estimate of drug-likeness (QED) is 0.408. The molecule has 1 aliphatic heterocycles. The number of carbonyl (C=O) groups is 5. The Kier molecular flexibility index (Phi) is 9.36. The van der Waals surface area contributed by atoms with E-state index < -0.39 is 60.4 Å². The smallest absolute Gasteiger partial charge is 0.341 e. The molecule has 0 spiro atoms. The van der Waals surface area contributed by atoms with Gasteiger partial charge in [-0.2, -0.15) is 0 Å². The number of amides is 1. The zero-order chi connectivity index (χ0) is 25.4. The minimum absolute atomic E-state index is 0.0495. The van der Waals surface area contributed by atoms with E-state index in [1.54, 1.807) is 12.1 Å². The summed E-state index contributed by atoms with van der Waals surface area (Å²) in [5.74, 6) is -3.26. The molecule has 0 bridgehead atoms. The van der Waals surface area contributed by atoms with E-state index in [2.05, 4.69) is 5.32 Å². The fourth-order valence-electron chi connectivity index (χ4n) is 3.36. The highest BCUT2D eigenvalue weighted by atomic mass is 16.7. The number of benzene rings is 1. The summed E-state index contributed by atoms with van der Waals surface area (Å²) in [6.45, 7) is 4.28. The van der Waals surface area contributed by atoms with Gasteiger partial charge in [-0.3, -0.25) is 19.2 Å². The van der Waals surface area contributed by atoms with Crippen molar-refractivity contribution >= 4 is 29.8 Å². The van der Waals surface area contributed by atoms with Crippen LogP contribution in [0.15, 0.2) is 24.3 Å². The van der Waals surface area contributed by atoms with Crippen LogP contribution in [0.2, 0.25) is 0 Å². The zero-order valence-corrected chi connectivity index (χ0v) is 19.4. The number of hydrogen-bond acceptors (Lipinski definition) is 11. The third-order valence-corrected chi connectivity index (χ3v) is 4.61. The number of methoxy groups -OCH3 is 1. The monoisotopic (exact) mass is 481 g/mol. The highest BCUT2D eigenvalue weighted by Gasteiger charge is 2.52. The summed E-state index contributed by atoms with van der Waals surface area (Å²) >= 11 is 0. The summed E-state index contributed by atoms with van der Waals surface area (Å²) in [5.41, 5.74) is 0.0675. The molecule has 12 heteroatoms. The lowest BCUT2D eigenvalue weighted by atomic mass is 9.96. The third kappa shape index (κ3) is 7.17. The van der Waals surface area contributed by atoms with Gasteiger partial charge in [-0.1, -0.05) is 12.1 Å². The van der Waals surface area contributed by atoms with Crippen molar-refractivity contribution in [3.8, 4) is 5.75 Å². The standard InChI is InChI=1S/C22H27NO11/c1-11(24)23-18-20(32-14(4)27)19(31-13(3)26)17(10-30-12(2)25)34-22(18)33-16-9-7-6-8-15(16)21(28)29-5/h6-9,17-20,22H,10H2,1-5H3,(H,23,24)/t17-,18+,19+,20+,22-/m1/s1. The van der Waals surface area contributed by atoms with Crippen molar-refractivity contribution in [1.82, 2.24) is 5.32 Å². The van der Waals surface area contributed by atoms with Gasteiger partial charge >= 0.3 is 23.9 Å². The topological polar surface area (TPSA) is 153 Å². The van der Waals surface area contributed by atoms with Crippen LogP contribution in [0.5, 0.6) is 5.75 Å². The van der Waals surface area contributed by atoms with E-state index in [0.29, 0.717) is 0 Å². The fraction of sp³-hybridized carbons (Fsp3) is 0.500. The van der Waals surface area contributed by atoms with E-state index in [9.17, 15) is 24.0 Å². The Morgan fingerprint density at radius 3 is 2.09 bits per heavy atom. The molecule has 0 radical (unpaired) electrons. The number of hydrogen-bond donors (Lipinski definition) is 1. The molecule has 1 fully saturated rings. The van der Waals surface area contributed by atoms with Gasteiger partial charge in [0.15, 0.2) is 12.2 Å². The number of ether oxygens (including phenoxy) is 6. The molecule has 5 atom stereocenters. The molecule has 2 rings (SSSR count). The SMILES string of the molecule is COC(=O)c1ccccc1O[C@@H]1O[C@H](COC(C)=O)[C@H](OC(C)=O)[C@@H](OC(C)=O)[C@@H]1NC(C)=O. The summed E-state index contributed by atoms with van der Waals surface area (Å²) in [6, 6.07) is 4.94. The van der Waals surface area contributed by atoms with Gasteiger partial charge in [-0.25, -0.2) is 4.79 Å². The molecule has 1 amide bonds. The van der Waals surface area contributed by atoms with Gasteiger partial charge in [0, 0.05) is 27.7 Å². The summed E-state index contributed by atoms with van der Waals surface area (Å²) in [6.07, 6.45) is -5.04. The predicted octanol–water partition coefficient (Wildman–Crippen LogP) is 0.508. The second-order valence-corrected chi connectivity index (χ2v) is 7.33. The molecular weight excluding hydrogens is 454 g/mol. The number of para-hydroxylation sites is 1. The second kappa shape index (κ2) is 12.0. The maximum atomic E-state index is 12.2. The Labute approximate surface area is 195 Å². The Bertz CT molecular complexity index is 931. The largest absolute Gasteiger partial charge is 0.465 e. The lowest BCUT2D eigenvalue weighted by Crippen LogP contribution is -2.67. The van der Waals surface area contributed by atoms with E-state index in [-0.39, 0.29) is 17.9 Å². The molecule has 0 aliphatic carbocycles. The van der Waals surface area contributed by atoms with E-state index in [4.69, 9.17) is 28.4 Å². The molecule has 1 aromatic rings. The van der Waals surface area contributed by atoms with Crippen molar-refractivity contribution in [2.24, 2.45) is 0 Å². The van der Waals surface area contributed by atoms with Crippen molar-refractivity contribution in [3.05, 3.63) is 29.8 Å². The number of esters is 4. The molecule has 0 unspecified atom stereocenters. The number of nitrogens with one attached hydrogen (secondary N) is 1. The summed E-state index contributed by atoms with van der Waals surface area (Å²) in [4.78, 5) is 59.2. The average Bonchev–Trinajstić information content (AvgIpc) is 2.75. The molecule has 1 N–H and O–H groups in total. The van der Waals surface area contributed by atoms with Gasteiger partial charge in [-0.05, 0) is 12.1 Å². The van der Waals surface area contributed by atoms with Gasteiger partial charge in [-0.15, -0.1) is 0 Å². The van der Waals surface area contributed by atoms with E-state index >= 15 is 0 Å². The maximum absolute atomic E-state index is 12.2. The third-order valence-electron chi connectivity index (χ3n) is 4.61. The van der Waals surface area contributed by atoms with E-state index in [1.807, 2.05) is 0 Å². The molecule has 12 nitrogen and oxygen atoms in total. The van der Waals surface area contributed by atoms with Gasteiger partial charge in [0.1, 0.15) is 30.1 Å². The lowest BCUT2D eigenvalue weighted by Gasteiger charge is -2.44. The molecule has 1 aromatic carbocycles. The van der Waals surface area contributed by atoms with Gasteiger partial charge in [0.2, 0.25) is 12.2 Å². The first-order valence-electron chi connectivity index (χ1n) is 10.3. The average molecular weight is 481 g/mol. The molecule has 186 valence electrons. The van der Waals surface area contributed by atoms with Crippen LogP contribution in [0, 0.1) is 0 Å². The second-order valence-electron chi connectivity index (χ2n) is 7.33. The zero-order valence-electron chi connectivity index (χ0n) is 19.4. The number of rotatable bonds is 8. The maximum Gasteiger partial charge on any atom is 0.341 e. The first kappa shape index (κ1) is 26.6. The molecule has 1 saturated heterocycles. The summed E-state index contributed by atoms with van der Waals surface area (Å²) in [7, 11) is 1.20. The van der Waals surface area contributed by atoms with Crippen LogP contribution in [0.25, 0.3) is 0 Å². The normalized spacial score (nSPS) is 23.7. The van der Waals surface area contributed by atoms with Crippen LogP contribution in [0.1, 0.15) is 38.1 Å². The fourth-order valence-corrected chi connectivity index (χ4v) is 3.36. The predicted molar refractivity (Wildman–Crippen MR) is 112 cm³/mol. The van der Waals surface area contributed by atoms with E-state index in [1.165, 1.54) is 33.1 Å². The lowest BCUT2D eigenvalue weighted by molar-refractivity contribution is -0.257. The van der Waals surface area contributed by atoms with Crippen LogP contribution in [-0.4, -0.2) is 74.1 Å². The molecular formula is C22H27NO11. The van der Waals surface area contributed by atoms with Crippen molar-refractivity contribution < 1.29 is 52.4 Å². The first-order chi connectivity index (χ1) is 16.0. The van der Waals surface area contributed by atoms with Gasteiger partial charge < -0.3 is 33.7 Å². The van der Waals surface area contributed by atoms with Crippen molar-refractivity contribution in [2.75, 3.05) is 13.7 Å².